The molecule has 0 saturated heterocycles. The first-order valence-corrected chi connectivity index (χ1v) is 8.57. The highest BCUT2D eigenvalue weighted by atomic mass is 16.6. The molecule has 0 radical (unpaired) electrons. The molecule has 0 aliphatic heterocycles. The van der Waals surface area contributed by atoms with Crippen molar-refractivity contribution in [2.75, 3.05) is 13.2 Å². The predicted octanol–water partition coefficient (Wildman–Crippen LogP) is 2.27. The summed E-state index contributed by atoms with van der Waals surface area (Å²) in [5.74, 6) is -2.93. The van der Waals surface area contributed by atoms with Gasteiger partial charge in [0.15, 0.2) is 0 Å². The molecule has 2 N–H and O–H groups in total. The fourth-order valence-electron chi connectivity index (χ4n) is 3.10. The van der Waals surface area contributed by atoms with E-state index < -0.39 is 29.3 Å². The summed E-state index contributed by atoms with van der Waals surface area (Å²) in [7, 11) is 0. The average Bonchev–Trinajstić information content (AvgIpc) is 3.03. The molecule has 140 valence electrons. The molecule has 0 unspecified atom stereocenters. The van der Waals surface area contributed by atoms with Crippen LogP contribution in [0.15, 0.2) is 30.5 Å². The van der Waals surface area contributed by atoms with Crippen molar-refractivity contribution >= 4 is 28.7 Å². The van der Waals surface area contributed by atoms with Crippen molar-refractivity contribution in [1.29, 1.82) is 0 Å². The number of rotatable bonds is 7. The van der Waals surface area contributed by atoms with Crippen molar-refractivity contribution in [1.82, 2.24) is 10.3 Å². The normalized spacial score (nSPS) is 12.5. The van der Waals surface area contributed by atoms with Crippen LogP contribution in [0.4, 0.5) is 0 Å². The second-order valence-corrected chi connectivity index (χ2v) is 5.94. The van der Waals surface area contributed by atoms with Gasteiger partial charge in [0.2, 0.25) is 11.4 Å². The van der Waals surface area contributed by atoms with Gasteiger partial charge in [-0.25, -0.2) is 9.59 Å². The number of esters is 2. The zero-order valence-electron chi connectivity index (χ0n) is 15.4. The number of para-hydroxylation sites is 1. The summed E-state index contributed by atoms with van der Waals surface area (Å²) in [6, 6.07) is 7.51. The topological polar surface area (TPSA) is 97.5 Å². The van der Waals surface area contributed by atoms with Crippen LogP contribution in [0.3, 0.4) is 0 Å². The lowest BCUT2D eigenvalue weighted by atomic mass is 9.79. The molecule has 0 spiro atoms. The van der Waals surface area contributed by atoms with Gasteiger partial charge in [-0.15, -0.1) is 0 Å². The van der Waals surface area contributed by atoms with Crippen molar-refractivity contribution in [3.8, 4) is 0 Å². The number of hydrogen-bond acceptors (Lipinski definition) is 5. The van der Waals surface area contributed by atoms with Crippen LogP contribution >= 0.6 is 0 Å². The van der Waals surface area contributed by atoms with Gasteiger partial charge in [0.05, 0.1) is 13.2 Å². The minimum absolute atomic E-state index is 0.0696. The molecule has 2 aromatic rings. The van der Waals surface area contributed by atoms with E-state index in [0.29, 0.717) is 5.56 Å². The Kier molecular flexibility index (Phi) is 6.02. The maximum atomic E-state index is 12.8. The summed E-state index contributed by atoms with van der Waals surface area (Å²) >= 11 is 0. The summed E-state index contributed by atoms with van der Waals surface area (Å²) < 4.78 is 10.3. The minimum atomic E-state index is -1.97. The molecule has 1 aromatic carbocycles. The van der Waals surface area contributed by atoms with E-state index in [1.807, 2.05) is 24.3 Å². The summed E-state index contributed by atoms with van der Waals surface area (Å²) in [5.41, 5.74) is -0.405. The Bertz CT molecular complexity index is 793. The van der Waals surface area contributed by atoms with Crippen LogP contribution in [-0.4, -0.2) is 41.6 Å². The quantitative estimate of drug-likeness (QED) is 0.583. The molecule has 0 aliphatic rings. The van der Waals surface area contributed by atoms with Crippen LogP contribution in [0.5, 0.6) is 0 Å². The SMILES string of the molecule is CCOC(=O)C(NC(C)=O)(C(=O)OCC)[C@H](C)c1c[nH]c2ccccc12. The molecule has 1 atom stereocenters. The summed E-state index contributed by atoms with van der Waals surface area (Å²) in [6.45, 7) is 6.35. The van der Waals surface area contributed by atoms with Gasteiger partial charge >= 0.3 is 11.9 Å². The minimum Gasteiger partial charge on any atom is -0.464 e. The Morgan fingerprint density at radius 3 is 2.23 bits per heavy atom. The van der Waals surface area contributed by atoms with E-state index in [1.54, 1.807) is 27.0 Å². The van der Waals surface area contributed by atoms with Gasteiger partial charge in [-0.3, -0.25) is 4.79 Å². The number of benzene rings is 1. The van der Waals surface area contributed by atoms with E-state index >= 15 is 0 Å². The van der Waals surface area contributed by atoms with E-state index in [2.05, 4.69) is 10.3 Å². The molecule has 0 saturated carbocycles. The molecule has 0 bridgehead atoms. The fraction of sp³-hybridized carbons (Fsp3) is 0.421. The zero-order chi connectivity index (χ0) is 19.3. The second kappa shape index (κ2) is 8.03. The zero-order valence-corrected chi connectivity index (χ0v) is 15.4. The Morgan fingerprint density at radius 2 is 1.69 bits per heavy atom. The highest BCUT2D eigenvalue weighted by Crippen LogP contribution is 2.35. The smallest absolute Gasteiger partial charge is 0.344 e. The molecular formula is C19H24N2O5. The molecule has 0 fully saturated rings. The number of carbonyl (C=O) groups excluding carboxylic acids is 3. The third-order valence-electron chi connectivity index (χ3n) is 4.31. The number of H-pyrrole nitrogens is 1. The highest BCUT2D eigenvalue weighted by molar-refractivity contribution is 6.09. The number of amides is 1. The lowest BCUT2D eigenvalue weighted by Crippen LogP contribution is -2.64. The lowest BCUT2D eigenvalue weighted by Gasteiger charge is -2.34. The number of ether oxygens (including phenoxy) is 2. The molecule has 1 aromatic heterocycles. The van der Waals surface area contributed by atoms with Gasteiger partial charge in [0.25, 0.3) is 0 Å². The van der Waals surface area contributed by atoms with E-state index in [0.717, 1.165) is 10.9 Å². The molecule has 7 heteroatoms. The van der Waals surface area contributed by atoms with Crippen molar-refractivity contribution in [2.24, 2.45) is 0 Å². The number of aromatic amines is 1. The maximum absolute atomic E-state index is 12.8. The van der Waals surface area contributed by atoms with Crippen molar-refractivity contribution in [3.63, 3.8) is 0 Å². The van der Waals surface area contributed by atoms with Crippen molar-refractivity contribution < 1.29 is 23.9 Å². The van der Waals surface area contributed by atoms with E-state index in [-0.39, 0.29) is 13.2 Å². The van der Waals surface area contributed by atoms with Crippen LogP contribution in [0.2, 0.25) is 0 Å². The molecule has 7 nitrogen and oxygen atoms in total. The van der Waals surface area contributed by atoms with Crippen molar-refractivity contribution in [2.45, 2.75) is 39.2 Å². The van der Waals surface area contributed by atoms with Crippen LogP contribution in [0.25, 0.3) is 10.9 Å². The van der Waals surface area contributed by atoms with Gasteiger partial charge in [-0.1, -0.05) is 25.1 Å². The summed E-state index contributed by atoms with van der Waals surface area (Å²) in [4.78, 5) is 40.7. The maximum Gasteiger partial charge on any atom is 0.344 e. The highest BCUT2D eigenvalue weighted by Gasteiger charge is 2.55. The molecule has 0 aliphatic carbocycles. The first-order chi connectivity index (χ1) is 12.4. The van der Waals surface area contributed by atoms with Gasteiger partial charge < -0.3 is 19.8 Å². The second-order valence-electron chi connectivity index (χ2n) is 5.94. The Hall–Kier alpha value is -2.83. The predicted molar refractivity (Wildman–Crippen MR) is 96.5 cm³/mol. The monoisotopic (exact) mass is 360 g/mol. The number of carbonyl (C=O) groups is 3. The van der Waals surface area contributed by atoms with Crippen LogP contribution in [-0.2, 0) is 23.9 Å². The number of fused-ring (bicyclic) bond motifs is 1. The molecule has 26 heavy (non-hydrogen) atoms. The Balaban J connectivity index is 2.64. The molecule has 1 heterocycles. The largest absolute Gasteiger partial charge is 0.464 e. The first-order valence-electron chi connectivity index (χ1n) is 8.57. The molecule has 1 amide bonds. The lowest BCUT2D eigenvalue weighted by molar-refractivity contribution is -0.169. The van der Waals surface area contributed by atoms with Crippen molar-refractivity contribution in [3.05, 3.63) is 36.0 Å². The van der Waals surface area contributed by atoms with E-state index in [4.69, 9.17) is 9.47 Å². The van der Waals surface area contributed by atoms with Gasteiger partial charge in [-0.2, -0.15) is 0 Å². The number of aromatic nitrogens is 1. The van der Waals surface area contributed by atoms with Gasteiger partial charge in [0, 0.05) is 29.9 Å². The number of hydrogen-bond donors (Lipinski definition) is 2. The molecule has 2 rings (SSSR count). The molecular weight excluding hydrogens is 336 g/mol. The van der Waals surface area contributed by atoms with Crippen LogP contribution in [0.1, 0.15) is 39.2 Å². The third-order valence-corrected chi connectivity index (χ3v) is 4.31. The standard InChI is InChI=1S/C19H24N2O5/c1-5-25-17(23)19(21-13(4)22,18(24)26-6-2)12(3)15-11-20-16-10-8-7-9-14(15)16/h7-12,20H,5-6H2,1-4H3,(H,21,22)/t12-/m1/s1. The average molecular weight is 360 g/mol. The Morgan fingerprint density at radius 1 is 1.12 bits per heavy atom. The van der Waals surface area contributed by atoms with Gasteiger partial charge in [-0.05, 0) is 25.5 Å². The first kappa shape index (κ1) is 19.5. The third kappa shape index (κ3) is 3.42. The van der Waals surface area contributed by atoms with Gasteiger partial charge in [0.1, 0.15) is 0 Å². The Labute approximate surface area is 152 Å². The fourth-order valence-corrected chi connectivity index (χ4v) is 3.10. The summed E-state index contributed by atoms with van der Waals surface area (Å²) in [5, 5.41) is 3.36. The van der Waals surface area contributed by atoms with Crippen LogP contribution in [0, 0.1) is 0 Å². The van der Waals surface area contributed by atoms with E-state index in [1.165, 1.54) is 6.92 Å². The number of nitrogens with one attached hydrogen (secondary N) is 2. The van der Waals surface area contributed by atoms with E-state index in [9.17, 15) is 14.4 Å². The van der Waals surface area contributed by atoms with Crippen LogP contribution < -0.4 is 5.32 Å². The summed E-state index contributed by atoms with van der Waals surface area (Å²) in [6.07, 6.45) is 1.73.